The van der Waals surface area contributed by atoms with Crippen LogP contribution in [0, 0.1) is 5.41 Å². The molecule has 0 unspecified atom stereocenters. The summed E-state index contributed by atoms with van der Waals surface area (Å²) in [7, 11) is 0. The molecule has 0 bridgehead atoms. The number of dihydropyridines is 1. The van der Waals surface area contributed by atoms with Crippen molar-refractivity contribution in [2.45, 2.75) is 77.7 Å². The monoisotopic (exact) mass is 461 g/mol. The molecule has 0 saturated heterocycles. The molecule has 1 fully saturated rings. The number of Topliss-reactive ketones (excluding diaryl/α,β-unsaturated/α-hetero) is 1. The SMILES string of the molecule is CC1=C(C(=O)OC2CCCCC2)[C@@H](c2ccc(Cl)c(Cl)c2)C2=C(CC(C)(C)CC2=O)N1. The summed E-state index contributed by atoms with van der Waals surface area (Å²) in [5.41, 5.74) is 3.43. The first-order valence-electron chi connectivity index (χ1n) is 11.1. The number of rotatable bonds is 3. The highest BCUT2D eigenvalue weighted by molar-refractivity contribution is 6.42. The van der Waals surface area contributed by atoms with E-state index in [1.807, 2.05) is 13.0 Å². The summed E-state index contributed by atoms with van der Waals surface area (Å²) in [6, 6.07) is 5.33. The molecule has 0 aromatic heterocycles. The van der Waals surface area contributed by atoms with E-state index in [0.29, 0.717) is 27.6 Å². The van der Waals surface area contributed by atoms with Gasteiger partial charge in [-0.1, -0.05) is 49.5 Å². The molecule has 1 saturated carbocycles. The van der Waals surface area contributed by atoms with Crippen LogP contribution in [0.25, 0.3) is 0 Å². The fourth-order valence-electron chi connectivity index (χ4n) is 5.13. The minimum Gasteiger partial charge on any atom is -0.459 e. The van der Waals surface area contributed by atoms with Crippen LogP contribution in [0.5, 0.6) is 0 Å². The van der Waals surface area contributed by atoms with Crippen LogP contribution in [0.2, 0.25) is 10.0 Å². The number of allylic oxidation sites excluding steroid dienone is 3. The lowest BCUT2D eigenvalue weighted by Gasteiger charge is -2.39. The normalized spacial score (nSPS) is 24.0. The maximum absolute atomic E-state index is 13.4. The number of ether oxygens (including phenoxy) is 1. The van der Waals surface area contributed by atoms with E-state index in [1.54, 1.807) is 12.1 Å². The number of benzene rings is 1. The Labute approximate surface area is 194 Å². The summed E-state index contributed by atoms with van der Waals surface area (Å²) in [5, 5.41) is 4.22. The third kappa shape index (κ3) is 4.56. The van der Waals surface area contributed by atoms with Gasteiger partial charge in [0.1, 0.15) is 6.10 Å². The highest BCUT2D eigenvalue weighted by Gasteiger charge is 2.43. The van der Waals surface area contributed by atoms with Crippen molar-refractivity contribution in [3.05, 3.63) is 56.3 Å². The summed E-state index contributed by atoms with van der Waals surface area (Å²) >= 11 is 12.5. The largest absolute Gasteiger partial charge is 0.459 e. The van der Waals surface area contributed by atoms with Gasteiger partial charge in [0.15, 0.2) is 5.78 Å². The van der Waals surface area contributed by atoms with Crippen molar-refractivity contribution in [3.63, 3.8) is 0 Å². The topological polar surface area (TPSA) is 55.4 Å². The molecule has 1 N–H and O–H groups in total. The Morgan fingerprint density at radius 3 is 2.48 bits per heavy atom. The molecule has 0 radical (unpaired) electrons. The molecule has 0 amide bonds. The van der Waals surface area contributed by atoms with Gasteiger partial charge < -0.3 is 10.1 Å². The van der Waals surface area contributed by atoms with Crippen LogP contribution in [0.4, 0.5) is 0 Å². The lowest BCUT2D eigenvalue weighted by atomic mass is 9.68. The maximum atomic E-state index is 13.4. The third-order valence-corrected chi connectivity index (χ3v) is 7.30. The zero-order chi connectivity index (χ0) is 22.3. The minimum absolute atomic E-state index is 0.0605. The van der Waals surface area contributed by atoms with Crippen molar-refractivity contribution in [2.75, 3.05) is 0 Å². The summed E-state index contributed by atoms with van der Waals surface area (Å²) in [6.45, 7) is 6.07. The second-order valence-electron chi connectivity index (χ2n) is 9.77. The Hall–Kier alpha value is -1.78. The Bertz CT molecular complexity index is 986. The van der Waals surface area contributed by atoms with Crippen molar-refractivity contribution < 1.29 is 14.3 Å². The zero-order valence-electron chi connectivity index (χ0n) is 18.3. The van der Waals surface area contributed by atoms with Gasteiger partial charge in [-0.15, -0.1) is 0 Å². The number of esters is 1. The fourth-order valence-corrected chi connectivity index (χ4v) is 5.44. The van der Waals surface area contributed by atoms with Crippen LogP contribution in [0.1, 0.15) is 77.2 Å². The molecule has 1 aromatic rings. The van der Waals surface area contributed by atoms with Crippen molar-refractivity contribution in [1.29, 1.82) is 0 Å². The van der Waals surface area contributed by atoms with Crippen LogP contribution in [-0.4, -0.2) is 17.9 Å². The van der Waals surface area contributed by atoms with Gasteiger partial charge in [0, 0.05) is 29.3 Å². The Kier molecular flexibility index (Phi) is 6.24. The number of halogens is 2. The molecule has 1 atom stereocenters. The van der Waals surface area contributed by atoms with Crippen molar-refractivity contribution in [2.24, 2.45) is 5.41 Å². The maximum Gasteiger partial charge on any atom is 0.337 e. The highest BCUT2D eigenvalue weighted by Crippen LogP contribution is 2.47. The molecule has 1 aromatic carbocycles. The van der Waals surface area contributed by atoms with Gasteiger partial charge in [-0.3, -0.25) is 4.79 Å². The van der Waals surface area contributed by atoms with Crippen molar-refractivity contribution in [1.82, 2.24) is 5.32 Å². The van der Waals surface area contributed by atoms with E-state index in [4.69, 9.17) is 27.9 Å². The molecular weight excluding hydrogens is 433 g/mol. The smallest absolute Gasteiger partial charge is 0.337 e. The Morgan fingerprint density at radius 2 is 1.81 bits per heavy atom. The van der Waals surface area contributed by atoms with Gasteiger partial charge in [-0.05, 0) is 62.1 Å². The molecule has 0 spiro atoms. The van der Waals surface area contributed by atoms with E-state index in [2.05, 4.69) is 19.2 Å². The third-order valence-electron chi connectivity index (χ3n) is 6.56. The van der Waals surface area contributed by atoms with E-state index in [0.717, 1.165) is 49.1 Å². The molecule has 166 valence electrons. The van der Waals surface area contributed by atoms with Gasteiger partial charge in [-0.25, -0.2) is 4.79 Å². The quantitative estimate of drug-likeness (QED) is 0.523. The Morgan fingerprint density at radius 1 is 1.10 bits per heavy atom. The first-order chi connectivity index (χ1) is 14.7. The predicted octanol–water partition coefficient (Wildman–Crippen LogP) is 6.47. The lowest BCUT2D eigenvalue weighted by molar-refractivity contribution is -0.146. The lowest BCUT2D eigenvalue weighted by Crippen LogP contribution is -2.39. The second-order valence-corrected chi connectivity index (χ2v) is 10.6. The average molecular weight is 462 g/mol. The minimum atomic E-state index is -0.509. The molecule has 1 aliphatic heterocycles. The zero-order valence-corrected chi connectivity index (χ0v) is 19.8. The van der Waals surface area contributed by atoms with E-state index >= 15 is 0 Å². The standard InChI is InChI=1S/C25H29Cl2NO3/c1-14-21(24(30)31-16-7-5-4-6-8-16)22(15-9-10-17(26)18(27)11-15)23-19(28-14)12-25(2,3)13-20(23)29/h9-11,16,22,28H,4-8,12-13H2,1-3H3/t22-/m1/s1. The van der Waals surface area contributed by atoms with E-state index in [1.165, 1.54) is 6.42 Å². The Balaban J connectivity index is 1.78. The van der Waals surface area contributed by atoms with E-state index in [-0.39, 0.29) is 23.3 Å². The van der Waals surface area contributed by atoms with E-state index < -0.39 is 5.92 Å². The van der Waals surface area contributed by atoms with Crippen molar-refractivity contribution in [3.8, 4) is 0 Å². The molecule has 6 heteroatoms. The number of carbonyl (C=O) groups excluding carboxylic acids is 2. The number of hydrogen-bond donors (Lipinski definition) is 1. The van der Waals surface area contributed by atoms with Gasteiger partial charge in [0.25, 0.3) is 0 Å². The molecule has 1 heterocycles. The van der Waals surface area contributed by atoms with Crippen LogP contribution >= 0.6 is 23.2 Å². The molecule has 4 rings (SSSR count). The molecule has 3 aliphatic rings. The summed E-state index contributed by atoms with van der Waals surface area (Å²) in [6.07, 6.45) is 6.24. The predicted molar refractivity (Wildman–Crippen MR) is 123 cm³/mol. The number of hydrogen-bond acceptors (Lipinski definition) is 4. The summed E-state index contributed by atoms with van der Waals surface area (Å²) in [4.78, 5) is 26.7. The number of carbonyl (C=O) groups is 2. The average Bonchev–Trinajstić information content (AvgIpc) is 2.68. The fraction of sp³-hybridized carbons (Fsp3) is 0.520. The molecule has 2 aliphatic carbocycles. The number of ketones is 1. The van der Waals surface area contributed by atoms with Crippen LogP contribution in [-0.2, 0) is 14.3 Å². The van der Waals surface area contributed by atoms with Crippen LogP contribution in [0.3, 0.4) is 0 Å². The second kappa shape index (κ2) is 8.63. The van der Waals surface area contributed by atoms with Crippen LogP contribution < -0.4 is 5.32 Å². The van der Waals surface area contributed by atoms with Gasteiger partial charge >= 0.3 is 5.97 Å². The van der Waals surface area contributed by atoms with Gasteiger partial charge in [-0.2, -0.15) is 0 Å². The summed E-state index contributed by atoms with van der Waals surface area (Å²) < 4.78 is 5.93. The van der Waals surface area contributed by atoms with Gasteiger partial charge in [0.2, 0.25) is 0 Å². The highest BCUT2D eigenvalue weighted by atomic mass is 35.5. The molecule has 4 nitrogen and oxygen atoms in total. The first-order valence-corrected chi connectivity index (χ1v) is 11.8. The molecule has 31 heavy (non-hydrogen) atoms. The number of nitrogens with one attached hydrogen (secondary N) is 1. The van der Waals surface area contributed by atoms with E-state index in [9.17, 15) is 9.59 Å². The van der Waals surface area contributed by atoms with Crippen LogP contribution in [0.15, 0.2) is 40.7 Å². The van der Waals surface area contributed by atoms with Crippen molar-refractivity contribution >= 4 is 35.0 Å². The molecular formula is C25H29Cl2NO3. The first kappa shape index (κ1) is 22.4. The van der Waals surface area contributed by atoms with Gasteiger partial charge in [0.05, 0.1) is 15.6 Å². The summed E-state index contributed by atoms with van der Waals surface area (Å²) in [5.74, 6) is -0.798.